The average Bonchev–Trinajstić information content (AvgIpc) is 3.97. The van der Waals surface area contributed by atoms with Crippen LogP contribution in [0.4, 0.5) is 0 Å². The molecule has 2 aliphatic heterocycles. The third kappa shape index (κ3) is 23.0. The third-order valence-electron chi connectivity index (χ3n) is 13.1. The van der Waals surface area contributed by atoms with Crippen molar-refractivity contribution in [3.63, 3.8) is 0 Å². The molecule has 2 fully saturated rings. The molecule has 0 radical (unpaired) electrons. The maximum Gasteiger partial charge on any atom is 0.305 e. The predicted molar refractivity (Wildman–Crippen MR) is 303 cm³/mol. The van der Waals surface area contributed by atoms with E-state index in [-0.39, 0.29) is 73.6 Å². The number of phenolic OH excluding ortho intramolecular Hbond substituents is 2. The van der Waals surface area contributed by atoms with Gasteiger partial charge in [0.15, 0.2) is 0 Å². The summed E-state index contributed by atoms with van der Waals surface area (Å²) in [7, 11) is 5.83. The Bertz CT molecular complexity index is 2450. The molecule has 2 saturated heterocycles. The quantitative estimate of drug-likeness (QED) is 0.0572. The second-order valence-electron chi connectivity index (χ2n) is 20.5. The molecule has 9 atom stereocenters. The molecular formula is C53H80N12O14S2. The number of aliphatic hydroxyl groups is 1. The maximum atomic E-state index is 14.5. The molecule has 2 aromatic rings. The number of likely N-dealkylation sites (N-methyl/N-ethyl adjacent to an activating group) is 2. The van der Waals surface area contributed by atoms with E-state index in [0.717, 1.165) is 21.6 Å². The Hall–Kier alpha value is -6.72. The Labute approximate surface area is 479 Å². The first-order valence-corrected chi connectivity index (χ1v) is 29.4. The summed E-state index contributed by atoms with van der Waals surface area (Å²) >= 11 is 0. The fraction of sp³-hybridized carbons (Fsp3) is 0.585. The summed E-state index contributed by atoms with van der Waals surface area (Å²) in [6.45, 7) is 8.54. The highest BCUT2D eigenvalue weighted by Gasteiger charge is 2.40. The monoisotopic (exact) mass is 1170 g/mol. The molecule has 0 aliphatic carbocycles. The number of carbonyl (C=O) groups is 10. The summed E-state index contributed by atoms with van der Waals surface area (Å²) in [6, 6.07) is 0.502. The molecule has 2 heterocycles. The Kier molecular flexibility index (Phi) is 27.9. The van der Waals surface area contributed by atoms with Gasteiger partial charge in [-0.2, -0.15) is 0 Å². The molecule has 81 heavy (non-hydrogen) atoms. The van der Waals surface area contributed by atoms with Crippen LogP contribution in [0.5, 0.6) is 11.5 Å². The minimum Gasteiger partial charge on any atom is -0.508 e. The Morgan fingerprint density at radius 1 is 0.728 bits per heavy atom. The van der Waals surface area contributed by atoms with Crippen molar-refractivity contribution in [3.05, 3.63) is 59.7 Å². The van der Waals surface area contributed by atoms with Crippen LogP contribution in [-0.2, 0) is 60.8 Å². The van der Waals surface area contributed by atoms with Gasteiger partial charge >= 0.3 is 5.97 Å². The first-order valence-electron chi connectivity index (χ1n) is 26.9. The number of nitrogens with zero attached hydrogens (tertiary/aromatic N) is 2. The van der Waals surface area contributed by atoms with Crippen molar-refractivity contribution >= 4 is 80.7 Å². The van der Waals surface area contributed by atoms with E-state index in [1.165, 1.54) is 60.4 Å². The van der Waals surface area contributed by atoms with Gasteiger partial charge in [-0.25, -0.2) is 0 Å². The number of carbonyl (C=O) groups excluding carboxylic acids is 9. The van der Waals surface area contributed by atoms with Gasteiger partial charge in [0, 0.05) is 63.1 Å². The summed E-state index contributed by atoms with van der Waals surface area (Å²) in [5.41, 5.74) is 0.815. The lowest BCUT2D eigenvalue weighted by Crippen LogP contribution is -2.60. The van der Waals surface area contributed by atoms with Crippen LogP contribution in [0.3, 0.4) is 0 Å². The van der Waals surface area contributed by atoms with E-state index < -0.39 is 121 Å². The van der Waals surface area contributed by atoms with Crippen molar-refractivity contribution in [2.75, 3.05) is 71.4 Å². The number of hydrogen-bond acceptors (Lipinski definition) is 18. The summed E-state index contributed by atoms with van der Waals surface area (Å²) in [5, 5.41) is 67.4. The van der Waals surface area contributed by atoms with Crippen molar-refractivity contribution in [2.45, 2.75) is 121 Å². The van der Waals surface area contributed by atoms with E-state index in [4.69, 9.17) is 0 Å². The number of aliphatic carboxylic acids is 1. The smallest absolute Gasteiger partial charge is 0.305 e. The van der Waals surface area contributed by atoms with Gasteiger partial charge in [0.25, 0.3) is 0 Å². The first-order chi connectivity index (χ1) is 38.5. The van der Waals surface area contributed by atoms with Crippen LogP contribution in [-0.4, -0.2) is 215 Å². The number of benzene rings is 2. The van der Waals surface area contributed by atoms with E-state index in [0.29, 0.717) is 43.7 Å². The predicted octanol–water partition coefficient (Wildman–Crippen LogP) is -2.56. The summed E-state index contributed by atoms with van der Waals surface area (Å²) in [5.74, 6) is -9.17. The second-order valence-corrected chi connectivity index (χ2v) is 23.0. The third-order valence-corrected chi connectivity index (χ3v) is 15.7. The molecule has 0 saturated carbocycles. The van der Waals surface area contributed by atoms with Crippen molar-refractivity contribution in [1.29, 1.82) is 0 Å². The highest BCUT2D eigenvalue weighted by atomic mass is 33.1. The van der Waals surface area contributed by atoms with Gasteiger partial charge < -0.3 is 78.5 Å². The number of likely N-dealkylation sites (tertiary alicyclic amines) is 1. The van der Waals surface area contributed by atoms with Crippen molar-refractivity contribution < 1.29 is 68.4 Å². The highest BCUT2D eigenvalue weighted by molar-refractivity contribution is 8.76. The standard InChI is InChI=1S/C53H80N12O14S2/c1-30(2)22-40(58-44(70)27-64(20-17-54-5)21-18-55-6)53(79)65-19-7-8-42(65)51(77)62-41-29-81-80-28-31(3)57-52(78)46(32(4)66)63-43(69)26-56-47(73)37(23-33-9-13-35(67)14-10-33)59-48(74)38(24-34-11-15-36(68)16-12-34)60-49(75)39(25-45(71)72)61-50(41)76/h9-16,30-32,37-42,46,54-55,66-68H,7-8,17-29H2,1-6H3,(H,56,73)(H,57,78)(H,58,70)(H,59,74)(H,60,75)(H,61,76)(H,62,77)(H,63,69)(H,71,72)/t31-,32?,37+,38+,39+,40+,41+,42?,46+/m1/s1. The van der Waals surface area contributed by atoms with Crippen LogP contribution in [0.15, 0.2) is 48.5 Å². The van der Waals surface area contributed by atoms with Gasteiger partial charge in [-0.05, 0) is 88.5 Å². The Balaban J connectivity index is 1.70. The lowest BCUT2D eigenvalue weighted by molar-refractivity contribution is -0.143. The molecule has 28 heteroatoms. The Morgan fingerprint density at radius 2 is 1.27 bits per heavy atom. The summed E-state index contributed by atoms with van der Waals surface area (Å²) in [4.78, 5) is 142. The lowest BCUT2D eigenvalue weighted by Gasteiger charge is -2.31. The van der Waals surface area contributed by atoms with Gasteiger partial charge in [0.05, 0.1) is 25.6 Å². The number of phenols is 2. The molecule has 2 aliphatic rings. The Morgan fingerprint density at radius 3 is 1.81 bits per heavy atom. The first kappa shape index (κ1) is 66.8. The zero-order valence-electron chi connectivity index (χ0n) is 46.6. The van der Waals surface area contributed by atoms with E-state index in [1.807, 2.05) is 18.7 Å². The van der Waals surface area contributed by atoms with Crippen molar-refractivity contribution in [1.82, 2.24) is 63.0 Å². The zero-order chi connectivity index (χ0) is 59.8. The minimum absolute atomic E-state index is 0.0157. The highest BCUT2D eigenvalue weighted by Crippen LogP contribution is 2.25. The molecule has 14 N–H and O–H groups in total. The van der Waals surface area contributed by atoms with Crippen molar-refractivity contribution in [3.8, 4) is 11.5 Å². The van der Waals surface area contributed by atoms with Crippen LogP contribution < -0.4 is 53.2 Å². The summed E-state index contributed by atoms with van der Waals surface area (Å²) < 4.78 is 0. The number of nitrogens with one attached hydrogen (secondary N) is 10. The minimum atomic E-state index is -1.88. The SMILES string of the molecule is CNCCN(CCNC)CC(=O)N[C@@H](CC(C)C)C(=O)N1CCCC1C(=O)N[C@H]1CSSC[C@@H](C)NC(=O)[C@H](C(C)O)NC(=O)CNC(=O)[C@H](Cc2ccc(O)cc2)NC(=O)[C@H](Cc2ccc(O)cc2)NC(=O)[C@H](CC(=O)O)NC1=O. The molecule has 26 nitrogen and oxygen atoms in total. The van der Waals surface area contributed by atoms with E-state index in [9.17, 15) is 68.4 Å². The lowest BCUT2D eigenvalue weighted by atomic mass is 10.0. The fourth-order valence-corrected chi connectivity index (χ4v) is 11.3. The fourth-order valence-electron chi connectivity index (χ4n) is 8.82. The summed E-state index contributed by atoms with van der Waals surface area (Å²) in [6.07, 6.45) is -2.11. The number of amides is 9. The van der Waals surface area contributed by atoms with Crippen LogP contribution in [0.1, 0.15) is 64.5 Å². The van der Waals surface area contributed by atoms with Crippen LogP contribution >= 0.6 is 21.6 Å². The van der Waals surface area contributed by atoms with Gasteiger partial charge in [-0.3, -0.25) is 52.8 Å². The van der Waals surface area contributed by atoms with E-state index in [1.54, 1.807) is 21.0 Å². The van der Waals surface area contributed by atoms with E-state index in [2.05, 4.69) is 53.2 Å². The molecule has 0 aromatic heterocycles. The molecular weight excluding hydrogens is 1090 g/mol. The van der Waals surface area contributed by atoms with E-state index >= 15 is 0 Å². The molecule has 0 bridgehead atoms. The second kappa shape index (κ2) is 33.9. The van der Waals surface area contributed by atoms with Crippen LogP contribution in [0, 0.1) is 5.92 Å². The van der Waals surface area contributed by atoms with Gasteiger partial charge in [-0.1, -0.05) is 59.7 Å². The number of carboxylic acids is 1. The molecule has 2 unspecified atom stereocenters. The van der Waals surface area contributed by atoms with Gasteiger partial charge in [0.2, 0.25) is 53.2 Å². The van der Waals surface area contributed by atoms with Crippen molar-refractivity contribution in [2.24, 2.45) is 5.92 Å². The number of hydrogen-bond donors (Lipinski definition) is 14. The maximum absolute atomic E-state index is 14.5. The van der Waals surface area contributed by atoms with Crippen LogP contribution in [0.25, 0.3) is 0 Å². The largest absolute Gasteiger partial charge is 0.508 e. The number of aliphatic hydroxyl groups excluding tert-OH is 1. The van der Waals surface area contributed by atoms with Crippen LogP contribution in [0.2, 0.25) is 0 Å². The molecule has 4 rings (SSSR count). The van der Waals surface area contributed by atoms with Gasteiger partial charge in [0.1, 0.15) is 53.8 Å². The molecule has 9 amide bonds. The number of rotatable bonds is 21. The number of aromatic hydroxyl groups is 2. The van der Waals surface area contributed by atoms with Gasteiger partial charge in [-0.15, -0.1) is 0 Å². The normalized spacial score (nSPS) is 23.0. The molecule has 2 aromatic carbocycles. The number of carboxylic acid groups (broad SMARTS) is 1. The molecule has 448 valence electrons. The topological polar surface area (TPSA) is 378 Å². The molecule has 0 spiro atoms. The average molecular weight is 1170 g/mol. The zero-order valence-corrected chi connectivity index (χ0v) is 48.2.